The summed E-state index contributed by atoms with van der Waals surface area (Å²) < 4.78 is 73.2. The molecule has 6 N–H and O–H groups in total. The fourth-order valence-electron chi connectivity index (χ4n) is 8.03. The van der Waals surface area contributed by atoms with Crippen molar-refractivity contribution in [3.05, 3.63) is 94.5 Å². The molecule has 2 saturated heterocycles. The first-order valence-corrected chi connectivity index (χ1v) is 25.5. The number of nitro benzene ring substituents is 1. The molecule has 5 rings (SSSR count). The molecule has 3 aromatic rings. The van der Waals surface area contributed by atoms with E-state index in [1.807, 2.05) is 58.0 Å². The average molecular weight is 972 g/mol. The highest BCUT2D eigenvalue weighted by atomic mass is 32.2. The highest BCUT2D eigenvalue weighted by molar-refractivity contribution is 7.89. The van der Waals surface area contributed by atoms with Gasteiger partial charge in [-0.05, 0) is 97.4 Å². The number of aliphatic hydroxyl groups excluding tert-OH is 1. The second-order valence-electron chi connectivity index (χ2n) is 19.2. The summed E-state index contributed by atoms with van der Waals surface area (Å²) in [7, 11) is -7.79. The first-order chi connectivity index (χ1) is 31.5. The van der Waals surface area contributed by atoms with E-state index in [1.54, 1.807) is 28.6 Å². The lowest BCUT2D eigenvalue weighted by atomic mass is 9.87. The minimum absolute atomic E-state index is 0.0595. The van der Waals surface area contributed by atoms with Crippen LogP contribution in [0.2, 0.25) is 0 Å². The van der Waals surface area contributed by atoms with Gasteiger partial charge in [0, 0.05) is 50.4 Å². The number of ether oxygens (including phenoxy) is 3. The highest BCUT2D eigenvalue weighted by Crippen LogP contribution is 2.34. The summed E-state index contributed by atoms with van der Waals surface area (Å²) in [4.78, 5) is 23.7. The Morgan fingerprint density at radius 1 is 0.925 bits per heavy atom. The van der Waals surface area contributed by atoms with Gasteiger partial charge < -0.3 is 36.1 Å². The number of benzene rings is 3. The Hall–Kier alpha value is -4.72. The monoisotopic (exact) mass is 971 g/mol. The van der Waals surface area contributed by atoms with Crippen molar-refractivity contribution >= 4 is 37.5 Å². The molecule has 2 aliphatic heterocycles. The van der Waals surface area contributed by atoms with Crippen LogP contribution in [0.15, 0.2) is 88.7 Å². The molecule has 2 aliphatic rings. The first-order valence-electron chi connectivity index (χ1n) is 22.6. The van der Waals surface area contributed by atoms with Crippen LogP contribution in [-0.2, 0) is 40.7 Å². The van der Waals surface area contributed by atoms with E-state index in [2.05, 4.69) is 25.2 Å². The van der Waals surface area contributed by atoms with Gasteiger partial charge in [0.2, 0.25) is 20.0 Å². The number of carbonyl (C=O) groups excluding carboxylic acids is 1. The van der Waals surface area contributed by atoms with Crippen molar-refractivity contribution < 1.29 is 45.9 Å². The molecule has 370 valence electrons. The molecule has 20 heteroatoms. The van der Waals surface area contributed by atoms with E-state index in [1.165, 1.54) is 0 Å². The van der Waals surface area contributed by atoms with Crippen molar-refractivity contribution in [3.63, 3.8) is 0 Å². The summed E-state index contributed by atoms with van der Waals surface area (Å²) in [6.45, 7) is 13.7. The summed E-state index contributed by atoms with van der Waals surface area (Å²) in [6, 6.07) is 21.2. The smallest absolute Gasteiger partial charge is 0.407 e. The number of nitrogens with two attached hydrogens (primary N) is 2. The standard InChI is InChI=1S/C30H38N4O9S.C17H31N3O2S/c1-30(2,14-6-15-31)20-33(44(39,40)23-11-9-22(10-12-23)34(37)38)18-26(35)25(17-21-7-4-3-5-8-21)32-29(36)43-27-19-42-28-24(27)13-16-41-28;1-14(2)12-20(13-17(3,4)10-5-11-18)23(21,22)16-8-6-15(19)7-9-16/h3-5,7-12,24-28,35H,6,13-14,16-20H2,1-2H3,(H,32,36);6-9,14H,5,10-13,18-19H2,1-4H3/t24-,25-,26+,27-,28+;/m0./s1. The van der Waals surface area contributed by atoms with Crippen LogP contribution in [0, 0.1) is 44.1 Å². The van der Waals surface area contributed by atoms with Gasteiger partial charge in [0.25, 0.3) is 5.69 Å². The second kappa shape index (κ2) is 24.5. The minimum Gasteiger partial charge on any atom is -0.443 e. The van der Waals surface area contributed by atoms with Crippen molar-refractivity contribution in [2.45, 2.75) is 114 Å². The van der Waals surface area contributed by atoms with E-state index in [0.29, 0.717) is 49.7 Å². The molecule has 0 radical (unpaired) electrons. The number of nitro groups is 1. The Bertz CT molecular complexity index is 2310. The number of carbonyl (C=O) groups is 1. The maximum Gasteiger partial charge on any atom is 0.407 e. The van der Waals surface area contributed by atoms with Crippen LogP contribution in [0.3, 0.4) is 0 Å². The van der Waals surface area contributed by atoms with Crippen molar-refractivity contribution in [2.24, 2.45) is 28.4 Å². The van der Waals surface area contributed by atoms with Gasteiger partial charge in [-0.1, -0.05) is 71.9 Å². The predicted octanol–water partition coefficient (Wildman–Crippen LogP) is 6.06. The van der Waals surface area contributed by atoms with E-state index in [9.17, 15) is 36.9 Å². The van der Waals surface area contributed by atoms with E-state index < -0.39 is 67.6 Å². The molecule has 2 fully saturated rings. The third kappa shape index (κ3) is 16.5. The third-order valence-electron chi connectivity index (χ3n) is 11.7. The fraction of sp³-hybridized carbons (Fsp3) is 0.574. The molecular formula is C47H69N7O11S2. The number of hydrogen-bond donors (Lipinski definition) is 4. The molecule has 0 saturated carbocycles. The molecule has 2 heterocycles. The molecule has 0 aliphatic carbocycles. The van der Waals surface area contributed by atoms with Gasteiger partial charge >= 0.3 is 6.09 Å². The fourth-order valence-corrected chi connectivity index (χ4v) is 11.5. The zero-order chi connectivity index (χ0) is 49.6. The van der Waals surface area contributed by atoms with Crippen molar-refractivity contribution in [3.8, 4) is 6.07 Å². The number of aliphatic hydroxyl groups is 1. The van der Waals surface area contributed by atoms with Crippen LogP contribution < -0.4 is 16.8 Å². The number of fused-ring (bicyclic) bond motifs is 1. The van der Waals surface area contributed by atoms with Crippen LogP contribution in [0.5, 0.6) is 0 Å². The van der Waals surface area contributed by atoms with Gasteiger partial charge in [0.05, 0.1) is 52.1 Å². The summed E-state index contributed by atoms with van der Waals surface area (Å²) in [5, 5.41) is 34.5. The lowest BCUT2D eigenvalue weighted by Gasteiger charge is -2.34. The quantitative estimate of drug-likeness (QED) is 0.0478. The Labute approximate surface area is 396 Å². The SMILES string of the molecule is CC(C)(CCC#N)CN(C[C@@H](O)[C@H](Cc1ccccc1)NC(=O)O[C@H]1CO[C@H]2OCC[C@H]21)S(=O)(=O)c1ccc([N+](=O)[O-])cc1.CC(C)CN(CC(C)(C)CCCN)S(=O)(=O)c1ccc(N)cc1. The van der Waals surface area contributed by atoms with Crippen LogP contribution >= 0.6 is 0 Å². The zero-order valence-electron chi connectivity index (χ0n) is 39.5. The van der Waals surface area contributed by atoms with E-state index in [4.69, 9.17) is 30.9 Å². The van der Waals surface area contributed by atoms with Crippen LogP contribution in [0.4, 0.5) is 16.2 Å². The highest BCUT2D eigenvalue weighted by Gasteiger charge is 2.44. The number of sulfonamides is 2. The normalized spacial score (nSPS) is 18.4. The third-order valence-corrected chi connectivity index (χ3v) is 15.3. The van der Waals surface area contributed by atoms with Gasteiger partial charge in [-0.3, -0.25) is 10.1 Å². The molecule has 0 unspecified atom stereocenters. The Kier molecular flexibility index (Phi) is 20.1. The van der Waals surface area contributed by atoms with Crippen LogP contribution in [0.1, 0.15) is 79.2 Å². The zero-order valence-corrected chi connectivity index (χ0v) is 41.1. The van der Waals surface area contributed by atoms with Gasteiger partial charge in [0.15, 0.2) is 6.29 Å². The number of nitriles is 1. The lowest BCUT2D eigenvalue weighted by Crippen LogP contribution is -2.52. The molecule has 1 amide bonds. The number of nitrogens with zero attached hydrogens (tertiary/aromatic N) is 4. The van der Waals surface area contributed by atoms with Gasteiger partial charge in [-0.25, -0.2) is 21.6 Å². The van der Waals surface area contributed by atoms with Crippen molar-refractivity contribution in [1.29, 1.82) is 5.26 Å². The number of non-ortho nitro benzene ring substituents is 1. The van der Waals surface area contributed by atoms with Gasteiger partial charge in [-0.2, -0.15) is 13.9 Å². The molecular weight excluding hydrogens is 903 g/mol. The second-order valence-corrected chi connectivity index (χ2v) is 23.0. The molecule has 0 aromatic heterocycles. The van der Waals surface area contributed by atoms with Crippen LogP contribution in [0.25, 0.3) is 0 Å². The van der Waals surface area contributed by atoms with Crippen molar-refractivity contribution in [1.82, 2.24) is 13.9 Å². The maximum absolute atomic E-state index is 13.9. The maximum atomic E-state index is 13.9. The average Bonchev–Trinajstić information content (AvgIpc) is 3.90. The minimum atomic E-state index is -4.27. The van der Waals surface area contributed by atoms with Crippen LogP contribution in [-0.4, -0.2) is 112 Å². The summed E-state index contributed by atoms with van der Waals surface area (Å²) in [5.41, 5.74) is 11.6. The van der Waals surface area contributed by atoms with Gasteiger partial charge in [0.1, 0.15) is 6.10 Å². The van der Waals surface area contributed by atoms with Crippen molar-refractivity contribution in [2.75, 3.05) is 51.7 Å². The number of amides is 1. The summed E-state index contributed by atoms with van der Waals surface area (Å²) >= 11 is 0. The predicted molar refractivity (Wildman–Crippen MR) is 254 cm³/mol. The number of rotatable bonds is 23. The Morgan fingerprint density at radius 3 is 2.04 bits per heavy atom. The molecule has 5 atom stereocenters. The number of alkyl carbamates (subject to hydrolysis) is 1. The Balaban J connectivity index is 0.000000359. The number of nitrogens with one attached hydrogen (secondary N) is 1. The number of hydrogen-bond acceptors (Lipinski definition) is 14. The molecule has 67 heavy (non-hydrogen) atoms. The molecule has 18 nitrogen and oxygen atoms in total. The number of anilines is 1. The largest absolute Gasteiger partial charge is 0.443 e. The molecule has 3 aromatic carbocycles. The van der Waals surface area contributed by atoms with Gasteiger partial charge in [-0.15, -0.1) is 0 Å². The van der Waals surface area contributed by atoms with E-state index >= 15 is 0 Å². The topological polar surface area (TPSA) is 271 Å². The summed E-state index contributed by atoms with van der Waals surface area (Å²) in [6.07, 6.45) is 0.154. The molecule has 0 bridgehead atoms. The lowest BCUT2D eigenvalue weighted by molar-refractivity contribution is -0.384. The Morgan fingerprint density at radius 2 is 1.49 bits per heavy atom. The van der Waals surface area contributed by atoms with E-state index in [-0.39, 0.29) is 53.8 Å². The molecule has 0 spiro atoms. The number of nitrogen functional groups attached to an aromatic ring is 1. The first kappa shape index (κ1) is 54.9. The van der Waals surface area contributed by atoms with E-state index in [0.717, 1.165) is 47.0 Å². The summed E-state index contributed by atoms with van der Waals surface area (Å²) in [5.74, 6) is 0.167.